The van der Waals surface area contributed by atoms with Crippen molar-refractivity contribution in [2.24, 2.45) is 0 Å². The van der Waals surface area contributed by atoms with Crippen molar-refractivity contribution in [3.63, 3.8) is 0 Å². The predicted molar refractivity (Wildman–Crippen MR) is 92.4 cm³/mol. The molecule has 9 nitrogen and oxygen atoms in total. The van der Waals surface area contributed by atoms with E-state index in [1.807, 2.05) is 0 Å². The van der Waals surface area contributed by atoms with Crippen LogP contribution in [0.15, 0.2) is 6.07 Å². The number of aromatic nitrogens is 2. The number of carbonyl (C=O) groups is 2. The van der Waals surface area contributed by atoms with Crippen molar-refractivity contribution in [2.75, 3.05) is 39.5 Å². The van der Waals surface area contributed by atoms with Crippen LogP contribution in [0.5, 0.6) is 5.88 Å². The third kappa shape index (κ3) is 7.01. The number of morpholine rings is 1. The molecule has 0 saturated carbocycles. The van der Waals surface area contributed by atoms with Gasteiger partial charge in [-0.15, -0.1) is 5.10 Å². The highest BCUT2D eigenvalue weighted by Gasteiger charge is 2.13. The summed E-state index contributed by atoms with van der Waals surface area (Å²) in [5, 5.41) is 19.3. The zero-order chi connectivity index (χ0) is 18.8. The second-order valence-corrected chi connectivity index (χ2v) is 6.27. The first kappa shape index (κ1) is 20.2. The van der Waals surface area contributed by atoms with E-state index >= 15 is 0 Å². The van der Waals surface area contributed by atoms with E-state index in [0.29, 0.717) is 0 Å². The molecule has 1 saturated heterocycles. The molecule has 2 N–H and O–H groups in total. The normalized spacial score (nSPS) is 16.9. The lowest BCUT2D eigenvalue weighted by molar-refractivity contribution is -0.159. The summed E-state index contributed by atoms with van der Waals surface area (Å²) < 4.78 is 13.2. The molecule has 1 aromatic heterocycles. The van der Waals surface area contributed by atoms with E-state index in [1.165, 1.54) is 25.0 Å². The topological polar surface area (TPSA) is 114 Å². The summed E-state index contributed by atoms with van der Waals surface area (Å²) in [4.78, 5) is 20.7. The highest BCUT2D eigenvalue weighted by atomic mass is 16.5. The first-order chi connectivity index (χ1) is 12.6. The Balaban J connectivity index is 0.000000352. The molecule has 0 aliphatic carbocycles. The van der Waals surface area contributed by atoms with Gasteiger partial charge in [-0.05, 0) is 38.6 Å². The van der Waals surface area contributed by atoms with Gasteiger partial charge >= 0.3 is 11.9 Å². The summed E-state index contributed by atoms with van der Waals surface area (Å²) in [5.41, 5.74) is 1.33. The molecule has 0 amide bonds. The molecule has 0 atom stereocenters. The number of carboxylic acid groups (broad SMARTS) is 2. The van der Waals surface area contributed by atoms with Crippen molar-refractivity contribution in [3.8, 4) is 5.88 Å². The van der Waals surface area contributed by atoms with Crippen LogP contribution in [0, 0.1) is 0 Å². The molecular weight excluding hydrogens is 342 g/mol. The first-order valence-corrected chi connectivity index (χ1v) is 9.02. The Bertz CT molecular complexity index is 548. The third-order valence-electron chi connectivity index (χ3n) is 4.30. The predicted octanol–water partition coefficient (Wildman–Crippen LogP) is 0.866. The molecule has 1 fully saturated rings. The second kappa shape index (κ2) is 10.8. The maximum absolute atomic E-state index is 9.10. The van der Waals surface area contributed by atoms with Crippen LogP contribution in [0.1, 0.15) is 31.4 Å². The van der Waals surface area contributed by atoms with Gasteiger partial charge in [0, 0.05) is 31.4 Å². The number of aryl methyl sites for hydroxylation is 2. The lowest BCUT2D eigenvalue weighted by Gasteiger charge is -2.26. The Morgan fingerprint density at radius 1 is 1.12 bits per heavy atom. The molecule has 0 spiro atoms. The number of fused-ring (bicyclic) bond motifs is 1. The van der Waals surface area contributed by atoms with Crippen LogP contribution >= 0.6 is 0 Å². The maximum Gasteiger partial charge on any atom is 0.414 e. The number of hydrogen-bond acceptors (Lipinski definition) is 6. The summed E-state index contributed by atoms with van der Waals surface area (Å²) in [7, 11) is 0. The van der Waals surface area contributed by atoms with E-state index in [4.69, 9.17) is 29.3 Å². The quantitative estimate of drug-likeness (QED) is 0.561. The van der Waals surface area contributed by atoms with Crippen LogP contribution in [0.3, 0.4) is 0 Å². The van der Waals surface area contributed by atoms with Crippen molar-refractivity contribution in [2.45, 2.75) is 38.6 Å². The van der Waals surface area contributed by atoms with Crippen molar-refractivity contribution < 1.29 is 29.3 Å². The Morgan fingerprint density at radius 3 is 2.50 bits per heavy atom. The molecule has 3 heterocycles. The Kier molecular flexibility index (Phi) is 8.36. The molecule has 26 heavy (non-hydrogen) atoms. The summed E-state index contributed by atoms with van der Waals surface area (Å²) in [6.45, 7) is 6.92. The van der Waals surface area contributed by atoms with E-state index in [0.717, 1.165) is 64.7 Å². The molecule has 0 unspecified atom stereocenters. The van der Waals surface area contributed by atoms with Gasteiger partial charge in [0.2, 0.25) is 5.88 Å². The highest BCUT2D eigenvalue weighted by Crippen LogP contribution is 2.19. The minimum Gasteiger partial charge on any atom is -0.477 e. The summed E-state index contributed by atoms with van der Waals surface area (Å²) in [6.07, 6.45) is 5.96. The van der Waals surface area contributed by atoms with E-state index in [1.54, 1.807) is 0 Å². The molecule has 3 rings (SSSR count). The molecule has 0 aromatic carbocycles. The van der Waals surface area contributed by atoms with Crippen LogP contribution in [-0.2, 0) is 27.3 Å². The van der Waals surface area contributed by atoms with Crippen LogP contribution in [0.4, 0.5) is 0 Å². The van der Waals surface area contributed by atoms with Gasteiger partial charge in [0.1, 0.15) is 0 Å². The zero-order valence-corrected chi connectivity index (χ0v) is 14.9. The molecule has 0 bridgehead atoms. The highest BCUT2D eigenvalue weighted by molar-refractivity contribution is 6.27. The number of aliphatic carboxylic acids is 2. The Labute approximate surface area is 152 Å². The smallest absolute Gasteiger partial charge is 0.414 e. The minimum absolute atomic E-state index is 0.779. The average molecular weight is 369 g/mol. The monoisotopic (exact) mass is 369 g/mol. The number of ether oxygens (including phenoxy) is 2. The standard InChI is InChI=1S/C15H25N3O2.C2H2O4/c1-2-7-18-14(5-1)13-15(16-18)20-10-4-3-6-17-8-11-19-12-9-17;3-1(4)2(5)6/h13H,1-12H2;(H,3,4)(H,5,6). The SMILES string of the molecule is O=C(O)C(=O)O.c1c(OCCCCN2CCOCC2)nn2c1CCCC2. The van der Waals surface area contributed by atoms with Crippen molar-refractivity contribution in [1.29, 1.82) is 0 Å². The number of unbranched alkanes of at least 4 members (excludes halogenated alkanes) is 1. The maximum atomic E-state index is 9.10. The van der Waals surface area contributed by atoms with E-state index in [-0.39, 0.29) is 0 Å². The Hall–Kier alpha value is -2.13. The van der Waals surface area contributed by atoms with Crippen LogP contribution in [0.25, 0.3) is 0 Å². The molecule has 2 aliphatic heterocycles. The fourth-order valence-corrected chi connectivity index (χ4v) is 2.90. The minimum atomic E-state index is -1.82. The first-order valence-electron chi connectivity index (χ1n) is 9.02. The average Bonchev–Trinajstić information content (AvgIpc) is 3.05. The largest absolute Gasteiger partial charge is 0.477 e. The Morgan fingerprint density at radius 2 is 1.85 bits per heavy atom. The number of nitrogens with zero attached hydrogens (tertiary/aromatic N) is 3. The van der Waals surface area contributed by atoms with Gasteiger partial charge in [0.15, 0.2) is 0 Å². The van der Waals surface area contributed by atoms with Gasteiger partial charge in [-0.1, -0.05) is 0 Å². The molecule has 146 valence electrons. The van der Waals surface area contributed by atoms with Gasteiger partial charge in [0.25, 0.3) is 0 Å². The summed E-state index contributed by atoms with van der Waals surface area (Å²) in [5.74, 6) is -2.83. The van der Waals surface area contributed by atoms with Gasteiger partial charge in [0.05, 0.1) is 19.8 Å². The number of carboxylic acids is 2. The lowest BCUT2D eigenvalue weighted by Crippen LogP contribution is -2.36. The molecular formula is C17H27N3O6. The fraction of sp³-hybridized carbons (Fsp3) is 0.706. The number of rotatable bonds is 6. The summed E-state index contributed by atoms with van der Waals surface area (Å²) in [6, 6.07) is 2.11. The van der Waals surface area contributed by atoms with Crippen molar-refractivity contribution >= 4 is 11.9 Å². The van der Waals surface area contributed by atoms with E-state index in [2.05, 4.69) is 20.7 Å². The molecule has 9 heteroatoms. The van der Waals surface area contributed by atoms with Crippen LogP contribution in [0.2, 0.25) is 0 Å². The molecule has 0 radical (unpaired) electrons. The third-order valence-corrected chi connectivity index (χ3v) is 4.30. The van der Waals surface area contributed by atoms with Gasteiger partial charge in [-0.2, -0.15) is 0 Å². The van der Waals surface area contributed by atoms with E-state index < -0.39 is 11.9 Å². The summed E-state index contributed by atoms with van der Waals surface area (Å²) >= 11 is 0. The van der Waals surface area contributed by atoms with E-state index in [9.17, 15) is 0 Å². The van der Waals surface area contributed by atoms with Gasteiger partial charge in [-0.3, -0.25) is 9.58 Å². The van der Waals surface area contributed by atoms with Crippen LogP contribution in [-0.4, -0.2) is 76.3 Å². The van der Waals surface area contributed by atoms with Crippen molar-refractivity contribution in [1.82, 2.24) is 14.7 Å². The van der Waals surface area contributed by atoms with Gasteiger partial charge in [-0.25, -0.2) is 9.59 Å². The second-order valence-electron chi connectivity index (χ2n) is 6.27. The van der Waals surface area contributed by atoms with Crippen LogP contribution < -0.4 is 4.74 Å². The molecule has 1 aromatic rings. The van der Waals surface area contributed by atoms with Crippen molar-refractivity contribution in [3.05, 3.63) is 11.8 Å². The lowest BCUT2D eigenvalue weighted by atomic mass is 10.1. The zero-order valence-electron chi connectivity index (χ0n) is 14.9. The fourth-order valence-electron chi connectivity index (χ4n) is 2.90. The number of hydrogen-bond donors (Lipinski definition) is 2. The van der Waals surface area contributed by atoms with Gasteiger partial charge < -0.3 is 19.7 Å². The molecule has 2 aliphatic rings.